The van der Waals surface area contributed by atoms with Crippen LogP contribution in [0.1, 0.15) is 61.8 Å². The smallest absolute Gasteiger partial charge is 0.213 e. The Hall–Kier alpha value is -2.89. The molecule has 162 valence electrons. The number of hydrogen-bond acceptors (Lipinski definition) is 5. The van der Waals surface area contributed by atoms with Crippen LogP contribution in [0.3, 0.4) is 0 Å². The van der Waals surface area contributed by atoms with Gasteiger partial charge < -0.3 is 19.8 Å². The molecule has 1 aliphatic heterocycles. The first-order chi connectivity index (χ1) is 14.1. The Morgan fingerprint density at radius 2 is 1.93 bits per heavy atom. The third kappa shape index (κ3) is 3.55. The molecule has 6 nitrogen and oxygen atoms in total. The van der Waals surface area contributed by atoms with Gasteiger partial charge in [0.1, 0.15) is 11.5 Å². The number of hydrogen-bond donors (Lipinski definition) is 3. The number of anilines is 1. The van der Waals surface area contributed by atoms with Crippen molar-refractivity contribution in [3.8, 4) is 11.5 Å². The van der Waals surface area contributed by atoms with Crippen molar-refractivity contribution in [2.45, 2.75) is 52.0 Å². The summed E-state index contributed by atoms with van der Waals surface area (Å²) in [6.07, 6.45) is 0. The Morgan fingerprint density at radius 3 is 2.53 bits per heavy atom. The quantitative estimate of drug-likeness (QED) is 0.639. The van der Waals surface area contributed by atoms with Crippen molar-refractivity contribution in [1.29, 1.82) is 0 Å². The first-order valence-electron chi connectivity index (χ1n) is 10.4. The molecular formula is C24H33N3O3. The predicted molar refractivity (Wildman–Crippen MR) is 122 cm³/mol. The Balaban J connectivity index is 2.16. The molecule has 0 bridgehead atoms. The van der Waals surface area contributed by atoms with Gasteiger partial charge in [-0.15, -0.1) is 5.10 Å². The highest BCUT2D eigenvalue weighted by Crippen LogP contribution is 2.46. The molecule has 2 atom stereocenters. The van der Waals surface area contributed by atoms with Crippen LogP contribution in [0.5, 0.6) is 11.5 Å². The summed E-state index contributed by atoms with van der Waals surface area (Å²) < 4.78 is 5.53. The van der Waals surface area contributed by atoms with Gasteiger partial charge in [0, 0.05) is 19.2 Å². The predicted octanol–water partition coefficient (Wildman–Crippen LogP) is 4.76. The molecule has 6 heteroatoms. The zero-order valence-electron chi connectivity index (χ0n) is 18.9. The standard InChI is InChI=1S/C24H33N3O3/c1-8-27(6)19-12-16(9-10-21(19)30-7)22-23(29)25-26-24(22,5)18-13-17(14(2)3)15(4)11-20(18)28/h9-14,22,26,28H,8H2,1-7H3,(H,25,29). The van der Waals surface area contributed by atoms with E-state index < -0.39 is 11.5 Å². The Bertz CT molecular complexity index is 970. The zero-order valence-corrected chi connectivity index (χ0v) is 18.9. The van der Waals surface area contributed by atoms with Crippen molar-refractivity contribution in [1.82, 2.24) is 5.43 Å². The van der Waals surface area contributed by atoms with Gasteiger partial charge in [0.2, 0.25) is 5.90 Å². The normalized spacial score (nSPS) is 20.8. The molecule has 0 amide bonds. The number of ether oxygens (including phenoxy) is 1. The summed E-state index contributed by atoms with van der Waals surface area (Å²) in [5.41, 5.74) is 7.06. The van der Waals surface area contributed by atoms with Gasteiger partial charge in [-0.2, -0.15) is 0 Å². The number of nitrogens with zero attached hydrogens (tertiary/aromatic N) is 2. The number of rotatable bonds is 6. The summed E-state index contributed by atoms with van der Waals surface area (Å²) >= 11 is 0. The minimum Gasteiger partial charge on any atom is -0.508 e. The number of benzene rings is 2. The van der Waals surface area contributed by atoms with E-state index in [4.69, 9.17) is 4.74 Å². The van der Waals surface area contributed by atoms with Crippen molar-refractivity contribution in [3.63, 3.8) is 0 Å². The largest absolute Gasteiger partial charge is 0.508 e. The van der Waals surface area contributed by atoms with Crippen LogP contribution in [0.25, 0.3) is 0 Å². The van der Waals surface area contributed by atoms with Crippen LogP contribution >= 0.6 is 0 Å². The topological polar surface area (TPSA) is 77.3 Å². The van der Waals surface area contributed by atoms with Gasteiger partial charge in [0.15, 0.2) is 0 Å². The second-order valence-corrected chi connectivity index (χ2v) is 8.54. The number of nitrogens with one attached hydrogen (secondary N) is 1. The average molecular weight is 412 g/mol. The van der Waals surface area contributed by atoms with Crippen LogP contribution < -0.4 is 15.1 Å². The van der Waals surface area contributed by atoms with Crippen LogP contribution in [-0.2, 0) is 5.54 Å². The lowest BCUT2D eigenvalue weighted by molar-refractivity contribution is 0.351. The van der Waals surface area contributed by atoms with Crippen LogP contribution in [0.2, 0.25) is 0 Å². The summed E-state index contributed by atoms with van der Waals surface area (Å²) in [5, 5.41) is 25.7. The number of phenols is 1. The number of aliphatic hydroxyl groups is 1. The molecule has 2 unspecified atom stereocenters. The highest BCUT2D eigenvalue weighted by molar-refractivity contribution is 5.86. The molecule has 0 saturated heterocycles. The van der Waals surface area contributed by atoms with Gasteiger partial charge >= 0.3 is 0 Å². The molecule has 0 fully saturated rings. The number of aromatic hydroxyl groups is 1. The number of aliphatic hydroxyl groups excluding tert-OH is 1. The first-order valence-corrected chi connectivity index (χ1v) is 10.4. The van der Waals surface area contributed by atoms with E-state index in [0.717, 1.165) is 40.2 Å². The second-order valence-electron chi connectivity index (χ2n) is 8.54. The molecule has 3 rings (SSSR count). The second kappa shape index (κ2) is 8.09. The third-order valence-corrected chi connectivity index (χ3v) is 6.23. The van der Waals surface area contributed by atoms with Crippen molar-refractivity contribution >= 4 is 11.6 Å². The molecule has 0 aromatic heterocycles. The van der Waals surface area contributed by atoms with Gasteiger partial charge in [-0.3, -0.25) is 5.43 Å². The summed E-state index contributed by atoms with van der Waals surface area (Å²) in [6.45, 7) is 11.1. The molecule has 0 aliphatic carbocycles. The van der Waals surface area contributed by atoms with Gasteiger partial charge in [-0.05, 0) is 67.6 Å². The van der Waals surface area contributed by atoms with E-state index >= 15 is 0 Å². The van der Waals surface area contributed by atoms with Crippen molar-refractivity contribution in [3.05, 3.63) is 52.6 Å². The van der Waals surface area contributed by atoms with Gasteiger partial charge in [0.25, 0.3) is 0 Å². The molecule has 2 aromatic rings. The van der Waals surface area contributed by atoms with E-state index in [1.165, 1.54) is 0 Å². The highest BCUT2D eigenvalue weighted by atomic mass is 16.5. The van der Waals surface area contributed by atoms with Gasteiger partial charge in [-0.25, -0.2) is 0 Å². The fourth-order valence-corrected chi connectivity index (χ4v) is 4.36. The number of phenolic OH excluding ortho intramolecular Hbond substituents is 1. The van der Waals surface area contributed by atoms with Crippen molar-refractivity contribution in [2.75, 3.05) is 25.6 Å². The third-order valence-electron chi connectivity index (χ3n) is 6.23. The van der Waals surface area contributed by atoms with Crippen LogP contribution in [0.15, 0.2) is 35.4 Å². The molecule has 3 N–H and O–H groups in total. The van der Waals surface area contributed by atoms with E-state index in [1.54, 1.807) is 13.2 Å². The van der Waals surface area contributed by atoms with Crippen LogP contribution in [0, 0.1) is 6.92 Å². The Kier molecular flexibility index (Phi) is 5.88. The van der Waals surface area contributed by atoms with Gasteiger partial charge in [0.05, 0.1) is 24.3 Å². The van der Waals surface area contributed by atoms with Crippen molar-refractivity contribution < 1.29 is 14.9 Å². The Morgan fingerprint density at radius 1 is 1.23 bits per heavy atom. The molecular weight excluding hydrogens is 378 g/mol. The number of hydrazone groups is 1. The summed E-state index contributed by atoms with van der Waals surface area (Å²) in [5.74, 6) is 0.821. The Labute approximate surface area is 179 Å². The number of aryl methyl sites for hydroxylation is 1. The lowest BCUT2D eigenvalue weighted by Crippen LogP contribution is -2.39. The van der Waals surface area contributed by atoms with E-state index in [2.05, 4.69) is 36.2 Å². The highest BCUT2D eigenvalue weighted by Gasteiger charge is 2.47. The molecule has 0 radical (unpaired) electrons. The molecule has 2 aromatic carbocycles. The van der Waals surface area contributed by atoms with E-state index in [1.807, 2.05) is 45.2 Å². The fourth-order valence-electron chi connectivity index (χ4n) is 4.36. The molecule has 1 heterocycles. The minimum absolute atomic E-state index is 0.00107. The summed E-state index contributed by atoms with van der Waals surface area (Å²) in [7, 11) is 3.66. The van der Waals surface area contributed by atoms with E-state index in [0.29, 0.717) is 5.92 Å². The zero-order chi connectivity index (χ0) is 22.2. The lowest BCUT2D eigenvalue weighted by atomic mass is 9.75. The molecule has 0 saturated carbocycles. The van der Waals surface area contributed by atoms with E-state index in [-0.39, 0.29) is 11.6 Å². The maximum atomic E-state index is 10.8. The van der Waals surface area contributed by atoms with Gasteiger partial charge in [-0.1, -0.05) is 19.9 Å². The minimum atomic E-state index is -0.803. The summed E-state index contributed by atoms with van der Waals surface area (Å²) in [4.78, 5) is 2.09. The average Bonchev–Trinajstić information content (AvgIpc) is 3.01. The lowest BCUT2D eigenvalue weighted by Gasteiger charge is -2.33. The van der Waals surface area contributed by atoms with Crippen molar-refractivity contribution in [2.24, 2.45) is 5.10 Å². The van der Waals surface area contributed by atoms with Crippen LogP contribution in [-0.4, -0.2) is 36.8 Å². The monoisotopic (exact) mass is 411 g/mol. The molecule has 1 aliphatic rings. The number of methoxy groups -OCH3 is 1. The van der Waals surface area contributed by atoms with Crippen LogP contribution in [0.4, 0.5) is 5.69 Å². The summed E-state index contributed by atoms with van der Waals surface area (Å²) in [6, 6.07) is 9.72. The molecule has 0 spiro atoms. The molecule has 30 heavy (non-hydrogen) atoms. The first kappa shape index (κ1) is 21.8. The maximum absolute atomic E-state index is 10.8. The fraction of sp³-hybridized carbons (Fsp3) is 0.458. The van der Waals surface area contributed by atoms with E-state index in [9.17, 15) is 10.2 Å². The maximum Gasteiger partial charge on any atom is 0.213 e. The SMILES string of the molecule is CCN(C)c1cc(C2C(O)=NNC2(C)c2cc(C(C)C)c(C)cc2O)ccc1OC.